The van der Waals surface area contributed by atoms with E-state index < -0.39 is 0 Å². The van der Waals surface area contributed by atoms with Crippen molar-refractivity contribution < 1.29 is 9.59 Å². The van der Waals surface area contributed by atoms with Crippen LogP contribution in [0.5, 0.6) is 0 Å². The van der Waals surface area contributed by atoms with E-state index in [1.807, 2.05) is 19.0 Å². The summed E-state index contributed by atoms with van der Waals surface area (Å²) in [7, 11) is 3.69. The van der Waals surface area contributed by atoms with E-state index in [2.05, 4.69) is 0 Å². The number of rotatable bonds is 4. The SMILES string of the molecule is CN(C)CC(=O)c1ccc(C=O)cc1. The average molecular weight is 191 g/mol. The Hall–Kier alpha value is -1.48. The molecular formula is C11H13NO2. The van der Waals surface area contributed by atoms with Crippen LogP contribution in [0.3, 0.4) is 0 Å². The lowest BCUT2D eigenvalue weighted by molar-refractivity contribution is 0.0957. The van der Waals surface area contributed by atoms with Crippen LogP contribution in [-0.2, 0) is 0 Å². The highest BCUT2D eigenvalue weighted by atomic mass is 16.1. The summed E-state index contributed by atoms with van der Waals surface area (Å²) in [5, 5.41) is 0. The first kappa shape index (κ1) is 10.6. The molecule has 3 nitrogen and oxygen atoms in total. The second kappa shape index (κ2) is 4.67. The van der Waals surface area contributed by atoms with Crippen LogP contribution in [0.2, 0.25) is 0 Å². The Kier molecular flexibility index (Phi) is 3.54. The van der Waals surface area contributed by atoms with Gasteiger partial charge in [0.2, 0.25) is 0 Å². The van der Waals surface area contributed by atoms with Gasteiger partial charge < -0.3 is 4.90 Å². The molecule has 0 radical (unpaired) electrons. The van der Waals surface area contributed by atoms with Crippen molar-refractivity contribution in [3.63, 3.8) is 0 Å². The van der Waals surface area contributed by atoms with Gasteiger partial charge in [-0.3, -0.25) is 9.59 Å². The quantitative estimate of drug-likeness (QED) is 0.531. The third-order valence-corrected chi connectivity index (χ3v) is 1.83. The van der Waals surface area contributed by atoms with Gasteiger partial charge in [-0.05, 0) is 14.1 Å². The predicted octanol–water partition coefficient (Wildman–Crippen LogP) is 1.24. The van der Waals surface area contributed by atoms with Gasteiger partial charge in [-0.1, -0.05) is 24.3 Å². The highest BCUT2D eigenvalue weighted by molar-refractivity contribution is 5.98. The van der Waals surface area contributed by atoms with Crippen molar-refractivity contribution >= 4 is 12.1 Å². The molecule has 0 heterocycles. The molecule has 0 aliphatic carbocycles. The number of benzene rings is 1. The summed E-state index contributed by atoms with van der Waals surface area (Å²) in [5.41, 5.74) is 1.23. The molecule has 0 N–H and O–H groups in total. The number of carbonyl (C=O) groups is 2. The second-order valence-electron chi connectivity index (χ2n) is 3.40. The van der Waals surface area contributed by atoms with Gasteiger partial charge in [0.15, 0.2) is 5.78 Å². The maximum Gasteiger partial charge on any atom is 0.176 e. The molecule has 0 unspecified atom stereocenters. The van der Waals surface area contributed by atoms with Gasteiger partial charge in [0, 0.05) is 11.1 Å². The Morgan fingerprint density at radius 2 is 1.86 bits per heavy atom. The molecule has 1 aromatic carbocycles. The first-order chi connectivity index (χ1) is 6.63. The van der Waals surface area contributed by atoms with Gasteiger partial charge in [0.05, 0.1) is 6.54 Å². The summed E-state index contributed by atoms with van der Waals surface area (Å²) in [6, 6.07) is 6.65. The van der Waals surface area contributed by atoms with Crippen molar-refractivity contribution in [1.29, 1.82) is 0 Å². The van der Waals surface area contributed by atoms with E-state index in [0.717, 1.165) is 6.29 Å². The highest BCUT2D eigenvalue weighted by Gasteiger charge is 2.05. The predicted molar refractivity (Wildman–Crippen MR) is 54.7 cm³/mol. The Balaban J connectivity index is 2.76. The minimum absolute atomic E-state index is 0.0625. The summed E-state index contributed by atoms with van der Waals surface area (Å²) in [6.07, 6.45) is 0.764. The zero-order valence-corrected chi connectivity index (χ0v) is 8.36. The van der Waals surface area contributed by atoms with Crippen molar-refractivity contribution in [2.24, 2.45) is 0 Å². The first-order valence-electron chi connectivity index (χ1n) is 4.36. The molecule has 74 valence electrons. The molecule has 0 aromatic heterocycles. The Labute approximate surface area is 83.3 Å². The number of carbonyl (C=O) groups excluding carboxylic acids is 2. The van der Waals surface area contributed by atoms with Crippen LogP contribution in [0.25, 0.3) is 0 Å². The minimum Gasteiger partial charge on any atom is -0.302 e. The van der Waals surface area contributed by atoms with E-state index in [1.54, 1.807) is 24.3 Å². The van der Waals surface area contributed by atoms with E-state index >= 15 is 0 Å². The van der Waals surface area contributed by atoms with Crippen LogP contribution in [0.4, 0.5) is 0 Å². The van der Waals surface area contributed by atoms with Crippen molar-refractivity contribution in [3.8, 4) is 0 Å². The number of aldehydes is 1. The van der Waals surface area contributed by atoms with Crippen molar-refractivity contribution in [2.75, 3.05) is 20.6 Å². The number of hydrogen-bond donors (Lipinski definition) is 0. The van der Waals surface area contributed by atoms with Crippen LogP contribution < -0.4 is 0 Å². The summed E-state index contributed by atoms with van der Waals surface area (Å²) < 4.78 is 0. The monoisotopic (exact) mass is 191 g/mol. The van der Waals surface area contributed by atoms with E-state index in [0.29, 0.717) is 17.7 Å². The first-order valence-corrected chi connectivity index (χ1v) is 4.36. The molecule has 0 saturated heterocycles. The van der Waals surface area contributed by atoms with Crippen LogP contribution in [-0.4, -0.2) is 37.6 Å². The van der Waals surface area contributed by atoms with Gasteiger partial charge in [-0.15, -0.1) is 0 Å². The van der Waals surface area contributed by atoms with Crippen LogP contribution >= 0.6 is 0 Å². The van der Waals surface area contributed by atoms with E-state index in [9.17, 15) is 9.59 Å². The Bertz CT molecular complexity index is 328. The summed E-state index contributed by atoms with van der Waals surface area (Å²) >= 11 is 0. The number of likely N-dealkylation sites (N-methyl/N-ethyl adjacent to an activating group) is 1. The maximum atomic E-state index is 11.5. The van der Waals surface area contributed by atoms with Gasteiger partial charge in [0.1, 0.15) is 6.29 Å². The molecule has 3 heteroatoms. The Morgan fingerprint density at radius 3 is 2.29 bits per heavy atom. The van der Waals surface area contributed by atoms with Gasteiger partial charge >= 0.3 is 0 Å². The van der Waals surface area contributed by atoms with Gasteiger partial charge in [-0.2, -0.15) is 0 Å². The fraction of sp³-hybridized carbons (Fsp3) is 0.273. The van der Waals surface area contributed by atoms with Gasteiger partial charge in [-0.25, -0.2) is 0 Å². The highest BCUT2D eigenvalue weighted by Crippen LogP contribution is 2.03. The molecule has 0 aliphatic rings. The Morgan fingerprint density at radius 1 is 1.29 bits per heavy atom. The molecule has 14 heavy (non-hydrogen) atoms. The minimum atomic E-state index is 0.0625. The molecule has 0 saturated carbocycles. The lowest BCUT2D eigenvalue weighted by atomic mass is 10.1. The number of Topliss-reactive ketones (excluding diaryl/α,β-unsaturated/α-hetero) is 1. The lowest BCUT2D eigenvalue weighted by Crippen LogP contribution is -2.21. The fourth-order valence-corrected chi connectivity index (χ4v) is 1.13. The molecule has 0 fully saturated rings. The molecule has 0 aliphatic heterocycles. The summed E-state index contributed by atoms with van der Waals surface area (Å²) in [4.78, 5) is 23.7. The van der Waals surface area contributed by atoms with Crippen LogP contribution in [0.15, 0.2) is 24.3 Å². The zero-order valence-electron chi connectivity index (χ0n) is 8.36. The number of ketones is 1. The molecular weight excluding hydrogens is 178 g/mol. The average Bonchev–Trinajstić information content (AvgIpc) is 2.17. The third-order valence-electron chi connectivity index (χ3n) is 1.83. The summed E-state index contributed by atoms with van der Waals surface area (Å²) in [5.74, 6) is 0.0625. The lowest BCUT2D eigenvalue weighted by Gasteiger charge is -2.07. The van der Waals surface area contributed by atoms with Crippen molar-refractivity contribution in [1.82, 2.24) is 4.90 Å². The van der Waals surface area contributed by atoms with Crippen molar-refractivity contribution in [3.05, 3.63) is 35.4 Å². The molecule has 1 aromatic rings. The fourth-order valence-electron chi connectivity index (χ4n) is 1.13. The van der Waals surface area contributed by atoms with Gasteiger partial charge in [0.25, 0.3) is 0 Å². The standard InChI is InChI=1S/C11H13NO2/c1-12(2)7-11(14)10-5-3-9(8-13)4-6-10/h3-6,8H,7H2,1-2H3. The van der Waals surface area contributed by atoms with Crippen LogP contribution in [0.1, 0.15) is 20.7 Å². The molecule has 0 amide bonds. The third kappa shape index (κ3) is 2.78. The number of nitrogens with zero attached hydrogens (tertiary/aromatic N) is 1. The topological polar surface area (TPSA) is 37.4 Å². The molecule has 0 atom stereocenters. The van der Waals surface area contributed by atoms with E-state index in [4.69, 9.17) is 0 Å². The number of hydrogen-bond acceptors (Lipinski definition) is 3. The summed E-state index contributed by atoms with van der Waals surface area (Å²) in [6.45, 7) is 0.389. The molecule has 0 spiro atoms. The second-order valence-corrected chi connectivity index (χ2v) is 3.40. The maximum absolute atomic E-state index is 11.5. The molecule has 0 bridgehead atoms. The van der Waals surface area contributed by atoms with Crippen molar-refractivity contribution in [2.45, 2.75) is 0 Å². The van der Waals surface area contributed by atoms with E-state index in [-0.39, 0.29) is 5.78 Å². The normalized spacial score (nSPS) is 10.2. The van der Waals surface area contributed by atoms with Crippen LogP contribution in [0, 0.1) is 0 Å². The molecule has 1 rings (SSSR count). The largest absolute Gasteiger partial charge is 0.302 e. The van der Waals surface area contributed by atoms with E-state index in [1.165, 1.54) is 0 Å². The smallest absolute Gasteiger partial charge is 0.176 e. The zero-order chi connectivity index (χ0) is 10.6.